The predicted molar refractivity (Wildman–Crippen MR) is 112 cm³/mol. The van der Waals surface area contributed by atoms with Crippen LogP contribution in [0.15, 0.2) is 48.5 Å². The van der Waals surface area contributed by atoms with Gasteiger partial charge in [0.15, 0.2) is 0 Å². The number of aromatic nitrogens is 2. The molecule has 152 valence electrons. The number of fused-ring (bicyclic) bond motifs is 1. The van der Waals surface area contributed by atoms with Gasteiger partial charge in [0.1, 0.15) is 11.6 Å². The van der Waals surface area contributed by atoms with E-state index in [0.717, 1.165) is 41.0 Å². The molecule has 2 heterocycles. The number of imidazole rings is 1. The van der Waals surface area contributed by atoms with Gasteiger partial charge in [0, 0.05) is 26.6 Å². The lowest BCUT2D eigenvalue weighted by atomic mass is 9.94. The number of hydrazine groups is 1. The summed E-state index contributed by atoms with van der Waals surface area (Å²) in [5.74, 6) is 1.76. The molecular formula is C22H27N5O2. The number of hydrogen-bond donors (Lipinski definition) is 3. The number of nitrogens with zero attached hydrogens (tertiary/aromatic N) is 2. The van der Waals surface area contributed by atoms with Crippen molar-refractivity contribution in [3.8, 4) is 5.75 Å². The Balaban J connectivity index is 1.31. The van der Waals surface area contributed by atoms with Gasteiger partial charge in [-0.2, -0.15) is 0 Å². The minimum Gasteiger partial charge on any atom is -0.497 e. The van der Waals surface area contributed by atoms with E-state index in [1.54, 1.807) is 7.11 Å². The molecule has 7 heteroatoms. The van der Waals surface area contributed by atoms with Gasteiger partial charge < -0.3 is 14.6 Å². The zero-order valence-corrected chi connectivity index (χ0v) is 16.8. The first-order valence-corrected chi connectivity index (χ1v) is 9.98. The molecule has 1 fully saturated rings. The smallest absolute Gasteiger partial charge is 0.226 e. The molecule has 3 aromatic rings. The maximum atomic E-state index is 12.7. The molecule has 1 aromatic heterocycles. The zero-order valence-electron chi connectivity index (χ0n) is 16.8. The van der Waals surface area contributed by atoms with Gasteiger partial charge in [-0.15, -0.1) is 0 Å². The van der Waals surface area contributed by atoms with Crippen LogP contribution in [0.5, 0.6) is 5.75 Å². The van der Waals surface area contributed by atoms with Gasteiger partial charge in [-0.1, -0.05) is 24.3 Å². The van der Waals surface area contributed by atoms with E-state index in [2.05, 4.69) is 26.8 Å². The van der Waals surface area contributed by atoms with Crippen LogP contribution in [0.2, 0.25) is 0 Å². The van der Waals surface area contributed by atoms with Crippen LogP contribution in [0.3, 0.4) is 0 Å². The first-order valence-electron chi connectivity index (χ1n) is 9.98. The van der Waals surface area contributed by atoms with E-state index in [0.29, 0.717) is 13.1 Å². The standard InChI is InChI=1S/C22H27N5O2/c1-27-19-7-4-3-6-18(19)25-20(27)8-5-13-23-22(28)17-14-24-26-21(17)15-9-11-16(29-2)12-10-15/h3-4,6-7,9-12,17,21,24,26H,5,8,13-14H2,1-2H3,(H,23,28). The van der Waals surface area contributed by atoms with Crippen molar-refractivity contribution < 1.29 is 9.53 Å². The molecule has 0 aliphatic carbocycles. The molecule has 1 amide bonds. The van der Waals surface area contributed by atoms with Crippen LogP contribution < -0.4 is 20.9 Å². The van der Waals surface area contributed by atoms with Gasteiger partial charge in [-0.3, -0.25) is 10.2 Å². The second-order valence-corrected chi connectivity index (χ2v) is 7.35. The van der Waals surface area contributed by atoms with Gasteiger partial charge in [0.2, 0.25) is 5.91 Å². The molecule has 0 spiro atoms. The number of carbonyl (C=O) groups excluding carboxylic acids is 1. The average Bonchev–Trinajstić information content (AvgIpc) is 3.37. The Bertz CT molecular complexity index is 983. The Kier molecular flexibility index (Phi) is 5.78. The van der Waals surface area contributed by atoms with Crippen LogP contribution >= 0.6 is 0 Å². The van der Waals surface area contributed by atoms with Gasteiger partial charge in [0.25, 0.3) is 0 Å². The molecule has 0 radical (unpaired) electrons. The van der Waals surface area contributed by atoms with Crippen LogP contribution in [-0.4, -0.2) is 35.7 Å². The average molecular weight is 393 g/mol. The molecule has 4 rings (SSSR count). The number of hydrogen-bond acceptors (Lipinski definition) is 5. The van der Waals surface area contributed by atoms with Crippen molar-refractivity contribution in [2.75, 3.05) is 20.2 Å². The highest BCUT2D eigenvalue weighted by atomic mass is 16.5. The van der Waals surface area contributed by atoms with Crippen molar-refractivity contribution >= 4 is 16.9 Å². The van der Waals surface area contributed by atoms with Crippen molar-refractivity contribution in [1.29, 1.82) is 0 Å². The quantitative estimate of drug-likeness (QED) is 0.536. The summed E-state index contributed by atoms with van der Waals surface area (Å²) < 4.78 is 7.34. The highest BCUT2D eigenvalue weighted by Crippen LogP contribution is 2.26. The van der Waals surface area contributed by atoms with Crippen LogP contribution in [0.1, 0.15) is 23.9 Å². The highest BCUT2D eigenvalue weighted by molar-refractivity contribution is 5.80. The molecule has 0 saturated carbocycles. The minimum atomic E-state index is -0.154. The summed E-state index contributed by atoms with van der Waals surface area (Å²) in [7, 11) is 3.69. The van der Waals surface area contributed by atoms with Gasteiger partial charge in [-0.25, -0.2) is 10.4 Å². The monoisotopic (exact) mass is 393 g/mol. The summed E-state index contributed by atoms with van der Waals surface area (Å²) in [5, 5.41) is 3.09. The molecule has 2 aromatic carbocycles. The molecule has 29 heavy (non-hydrogen) atoms. The molecular weight excluding hydrogens is 366 g/mol. The number of ether oxygens (including phenoxy) is 1. The summed E-state index contributed by atoms with van der Waals surface area (Å²) in [6, 6.07) is 15.9. The second-order valence-electron chi connectivity index (χ2n) is 7.35. The van der Waals surface area contributed by atoms with E-state index in [1.807, 2.05) is 49.5 Å². The number of amides is 1. The number of aryl methyl sites for hydroxylation is 2. The fourth-order valence-electron chi connectivity index (χ4n) is 3.88. The van der Waals surface area contributed by atoms with Crippen molar-refractivity contribution in [2.24, 2.45) is 13.0 Å². The summed E-state index contributed by atoms with van der Waals surface area (Å²) in [6.07, 6.45) is 1.68. The van der Waals surface area contributed by atoms with Crippen LogP contribution in [0, 0.1) is 5.92 Å². The molecule has 3 N–H and O–H groups in total. The van der Waals surface area contributed by atoms with Crippen molar-refractivity contribution in [1.82, 2.24) is 25.7 Å². The third kappa shape index (κ3) is 4.11. The fraction of sp³-hybridized carbons (Fsp3) is 0.364. The van der Waals surface area contributed by atoms with Gasteiger partial charge in [0.05, 0.1) is 30.1 Å². The molecule has 0 bridgehead atoms. The Hall–Kier alpha value is -2.90. The first-order chi connectivity index (χ1) is 14.2. The van der Waals surface area contributed by atoms with E-state index in [-0.39, 0.29) is 17.9 Å². The molecule has 1 aliphatic rings. The Morgan fingerprint density at radius 2 is 2.03 bits per heavy atom. The third-order valence-electron chi connectivity index (χ3n) is 5.55. The second kappa shape index (κ2) is 8.63. The first kappa shape index (κ1) is 19.4. The number of carbonyl (C=O) groups is 1. The molecule has 2 atom stereocenters. The molecule has 1 aliphatic heterocycles. The molecule has 2 unspecified atom stereocenters. The highest BCUT2D eigenvalue weighted by Gasteiger charge is 2.33. The SMILES string of the molecule is COc1ccc(C2NNCC2C(=O)NCCCc2nc3ccccc3n2C)cc1. The Morgan fingerprint density at radius 1 is 1.24 bits per heavy atom. The lowest BCUT2D eigenvalue weighted by Gasteiger charge is -2.18. The molecule has 1 saturated heterocycles. The third-order valence-corrected chi connectivity index (χ3v) is 5.55. The van der Waals surface area contributed by atoms with E-state index in [1.165, 1.54) is 0 Å². The Labute approximate surface area is 170 Å². The lowest BCUT2D eigenvalue weighted by Crippen LogP contribution is -2.35. The Morgan fingerprint density at radius 3 is 2.79 bits per heavy atom. The molecule has 7 nitrogen and oxygen atoms in total. The summed E-state index contributed by atoms with van der Waals surface area (Å²) >= 11 is 0. The summed E-state index contributed by atoms with van der Waals surface area (Å²) in [6.45, 7) is 1.24. The number of benzene rings is 2. The number of nitrogens with one attached hydrogen (secondary N) is 3. The largest absolute Gasteiger partial charge is 0.497 e. The van der Waals surface area contributed by atoms with E-state index in [4.69, 9.17) is 9.72 Å². The van der Waals surface area contributed by atoms with Crippen molar-refractivity contribution in [3.63, 3.8) is 0 Å². The van der Waals surface area contributed by atoms with Gasteiger partial charge in [-0.05, 0) is 36.2 Å². The van der Waals surface area contributed by atoms with E-state index in [9.17, 15) is 4.79 Å². The van der Waals surface area contributed by atoms with Crippen LogP contribution in [0.4, 0.5) is 0 Å². The van der Waals surface area contributed by atoms with Gasteiger partial charge >= 0.3 is 0 Å². The summed E-state index contributed by atoms with van der Waals surface area (Å²) in [5.41, 5.74) is 9.54. The fourth-order valence-corrected chi connectivity index (χ4v) is 3.88. The zero-order chi connectivity index (χ0) is 20.2. The number of rotatable bonds is 7. The summed E-state index contributed by atoms with van der Waals surface area (Å²) in [4.78, 5) is 17.4. The maximum absolute atomic E-state index is 12.7. The van der Waals surface area contributed by atoms with Crippen molar-refractivity contribution in [2.45, 2.75) is 18.9 Å². The van der Waals surface area contributed by atoms with E-state index >= 15 is 0 Å². The minimum absolute atomic E-state index is 0.0549. The van der Waals surface area contributed by atoms with Crippen LogP contribution in [-0.2, 0) is 18.3 Å². The number of para-hydroxylation sites is 2. The number of methoxy groups -OCH3 is 1. The lowest BCUT2D eigenvalue weighted by molar-refractivity contribution is -0.124. The van der Waals surface area contributed by atoms with E-state index < -0.39 is 0 Å². The predicted octanol–water partition coefficient (Wildman–Crippen LogP) is 2.10. The van der Waals surface area contributed by atoms with Crippen LogP contribution in [0.25, 0.3) is 11.0 Å². The topological polar surface area (TPSA) is 80.2 Å². The van der Waals surface area contributed by atoms with Crippen molar-refractivity contribution in [3.05, 3.63) is 59.9 Å². The maximum Gasteiger partial charge on any atom is 0.226 e. The normalized spacial score (nSPS) is 18.8.